The smallest absolute Gasteiger partial charge is 0.302 e. The molecule has 14 nitrogen and oxygen atoms in total. The van der Waals surface area contributed by atoms with Crippen molar-refractivity contribution in [2.75, 3.05) is 14.2 Å². The van der Waals surface area contributed by atoms with Gasteiger partial charge in [-0.05, 0) is 37.8 Å². The maximum atomic E-state index is 12.3. The Morgan fingerprint density at radius 1 is 1.14 bits per heavy atom. The molecule has 0 aromatic heterocycles. The van der Waals surface area contributed by atoms with Crippen LogP contribution in [0.25, 0.3) is 5.32 Å². The zero-order valence-corrected chi connectivity index (χ0v) is 24.1. The fraction of sp³-hybridized carbons (Fsp3) is 0.793. The fourth-order valence-corrected chi connectivity index (χ4v) is 8.17. The van der Waals surface area contributed by atoms with E-state index in [2.05, 4.69) is 10.3 Å². The second-order valence-electron chi connectivity index (χ2n) is 12.7. The number of aliphatic hydroxyl groups excluding tert-OH is 3. The molecule has 43 heavy (non-hydrogen) atoms. The highest BCUT2D eigenvalue weighted by atomic mass is 16.7. The number of fused-ring (bicyclic) bond motifs is 3. The monoisotopic (exact) mass is 609 g/mol. The molecule has 6 aliphatic rings. The van der Waals surface area contributed by atoms with Crippen molar-refractivity contribution in [2.24, 2.45) is 22.7 Å². The molecule has 0 aromatic carbocycles. The number of ether oxygens (including phenoxy) is 5. The second-order valence-corrected chi connectivity index (χ2v) is 12.7. The molecule has 2 saturated heterocycles. The summed E-state index contributed by atoms with van der Waals surface area (Å²) in [6.45, 7) is 1.21. The summed E-state index contributed by atoms with van der Waals surface area (Å²) in [5.41, 5.74) is -4.95. The minimum Gasteiger partial charge on any atom is -0.547 e. The number of carbonyl (C=O) groups excluding carboxylic acids is 1. The number of aliphatic imine (C=N–C) groups is 1. The third-order valence-electron chi connectivity index (χ3n) is 10.5. The lowest BCUT2D eigenvalue weighted by Crippen LogP contribution is -2.79. The third-order valence-corrected chi connectivity index (χ3v) is 10.5. The number of hydrogen-bond acceptors (Lipinski definition) is 12. The van der Waals surface area contributed by atoms with Crippen LogP contribution in [0.3, 0.4) is 0 Å². The van der Waals surface area contributed by atoms with Gasteiger partial charge in [-0.2, -0.15) is 0 Å². The zero-order chi connectivity index (χ0) is 30.7. The Morgan fingerprint density at radius 2 is 1.88 bits per heavy atom. The van der Waals surface area contributed by atoms with Crippen molar-refractivity contribution in [1.82, 2.24) is 0 Å². The van der Waals surface area contributed by atoms with Crippen molar-refractivity contribution in [3.63, 3.8) is 0 Å². The highest BCUT2D eigenvalue weighted by Crippen LogP contribution is 2.51. The number of carboxylic acids is 1. The summed E-state index contributed by atoms with van der Waals surface area (Å²) in [6, 6.07) is 0.165. The van der Waals surface area contributed by atoms with Crippen molar-refractivity contribution in [1.29, 1.82) is 0 Å². The minimum atomic E-state index is -2.57. The number of carbonyl (C=O) groups is 1. The molecule has 2 saturated carbocycles. The lowest BCUT2D eigenvalue weighted by molar-refractivity contribution is -0.397. The number of rotatable bonds is 7. The van der Waals surface area contributed by atoms with Gasteiger partial charge in [0.1, 0.15) is 18.3 Å². The van der Waals surface area contributed by atoms with Gasteiger partial charge in [0.05, 0.1) is 43.0 Å². The topological polar surface area (TPSA) is 217 Å². The van der Waals surface area contributed by atoms with E-state index < -0.39 is 78.0 Å². The van der Waals surface area contributed by atoms with Crippen LogP contribution in [-0.4, -0.2) is 129 Å². The van der Waals surface area contributed by atoms with Crippen LogP contribution < -0.4 is 5.11 Å². The van der Waals surface area contributed by atoms with Gasteiger partial charge in [0.2, 0.25) is 0 Å². The zero-order valence-electron chi connectivity index (χ0n) is 24.1. The molecule has 4 fully saturated rings. The van der Waals surface area contributed by atoms with E-state index in [0.29, 0.717) is 6.42 Å². The molecule has 2 bridgehead atoms. The lowest BCUT2D eigenvalue weighted by Gasteiger charge is -2.57. The highest BCUT2D eigenvalue weighted by molar-refractivity contribution is 5.84. The first kappa shape index (κ1) is 31.2. The molecule has 0 aromatic rings. The molecule has 3 aliphatic carbocycles. The molecule has 6 rings (SSSR count). The summed E-state index contributed by atoms with van der Waals surface area (Å²) < 4.78 is 28.0. The van der Waals surface area contributed by atoms with Crippen LogP contribution in [0.5, 0.6) is 0 Å². The Bertz CT molecular complexity index is 1090. The summed E-state index contributed by atoms with van der Waals surface area (Å²) in [6.07, 6.45) is -2.36. The number of aliphatic hydroxyl groups is 7. The summed E-state index contributed by atoms with van der Waals surface area (Å²) in [5.74, 6) is -3.36. The molecule has 14 heteroatoms. The molecule has 6 N–H and O–H groups in total. The summed E-state index contributed by atoms with van der Waals surface area (Å²) in [5, 5.41) is 73.3. The summed E-state index contributed by atoms with van der Waals surface area (Å²) >= 11 is 0. The molecular weight excluding hydrogens is 568 g/mol. The largest absolute Gasteiger partial charge is 0.547 e. The van der Waals surface area contributed by atoms with Crippen LogP contribution in [-0.2, 0) is 23.7 Å². The standard InChI is InChI=1S/C29H40N2O12/c1-39-14-5-3-13(4-6-14)18-9-17(32)21-19(41-18)10-20(23(40-2)22(21)33)42-27-28(37)8-7-15(16-11-30-12-31-16)29(38,26(28)36)24(43-27)25(34)35/h7-8,11-15,17-24,26-27,32-33,36-38H,3-6,9-10H2,1-2H3/p+1. The first-order valence-corrected chi connectivity index (χ1v) is 14.9. The maximum absolute atomic E-state index is 12.3. The van der Waals surface area contributed by atoms with E-state index in [1.165, 1.54) is 32.1 Å². The van der Waals surface area contributed by atoms with Crippen molar-refractivity contribution >= 4 is 12.2 Å². The average Bonchev–Trinajstić information content (AvgIpc) is 3.51. The van der Waals surface area contributed by atoms with Gasteiger partial charge in [0.25, 0.3) is 0 Å². The molecule has 3 heterocycles. The number of hydrogen-bond donors (Lipinski definition) is 5. The van der Waals surface area contributed by atoms with Crippen LogP contribution >= 0.6 is 0 Å². The molecular formula is C29H41N2O12+. The van der Waals surface area contributed by atoms with Gasteiger partial charge in [-0.1, -0.05) is 4.99 Å². The van der Waals surface area contributed by atoms with Gasteiger partial charge in [0.15, 0.2) is 41.7 Å². The third kappa shape index (κ3) is 5.10. The average molecular weight is 610 g/mol. The van der Waals surface area contributed by atoms with Crippen LogP contribution in [0.4, 0.5) is 0 Å². The molecule has 0 spiro atoms. The second kappa shape index (κ2) is 11.8. The van der Waals surface area contributed by atoms with Gasteiger partial charge < -0.3 is 59.1 Å². The van der Waals surface area contributed by atoms with E-state index in [9.17, 15) is 35.4 Å². The first-order valence-electron chi connectivity index (χ1n) is 14.9. The number of methoxy groups -OCH3 is 2. The van der Waals surface area contributed by atoms with Gasteiger partial charge >= 0.3 is 6.21 Å². The van der Waals surface area contributed by atoms with Crippen molar-refractivity contribution in [3.05, 3.63) is 30.2 Å². The predicted molar refractivity (Wildman–Crippen MR) is 145 cm³/mol. The Kier molecular flexibility index (Phi) is 8.58. The van der Waals surface area contributed by atoms with Crippen LogP contribution in [0.15, 0.2) is 17.1 Å². The normalized spacial score (nSPS) is 51.1. The SMILES string of the molecule is COC1CCC(C2CC(O)C3C(CC(OC4OC(C(=O)[O-])C5(O)C([C+]6C=N[CH+][N-]6)C=CC4(O)C5O)C(OC)C3O)[OH+]2)CC1. The lowest BCUT2D eigenvalue weighted by atomic mass is 9.63. The van der Waals surface area contributed by atoms with Gasteiger partial charge in [-0.3, -0.25) is 5.32 Å². The van der Waals surface area contributed by atoms with E-state index in [-0.39, 0.29) is 30.6 Å². The number of carboxylic acid groups (broad SMARTS) is 1. The van der Waals surface area contributed by atoms with Crippen molar-refractivity contribution < 1.29 is 59.1 Å². The predicted octanol–water partition coefficient (Wildman–Crippen LogP) is -2.40. The van der Waals surface area contributed by atoms with E-state index >= 15 is 0 Å². The Labute approximate surface area is 249 Å². The maximum Gasteiger partial charge on any atom is 0.302 e. The van der Waals surface area contributed by atoms with E-state index in [1.54, 1.807) is 7.11 Å². The van der Waals surface area contributed by atoms with Crippen molar-refractivity contribution in [3.8, 4) is 0 Å². The van der Waals surface area contributed by atoms with Gasteiger partial charge in [-0.25, -0.2) is 0 Å². The highest BCUT2D eigenvalue weighted by Gasteiger charge is 2.71. The minimum absolute atomic E-state index is 0.118. The van der Waals surface area contributed by atoms with Gasteiger partial charge in [-0.15, -0.1) is 0 Å². The van der Waals surface area contributed by atoms with Crippen LogP contribution in [0.2, 0.25) is 0 Å². The molecule has 0 amide bonds. The van der Waals surface area contributed by atoms with Crippen LogP contribution in [0, 0.1) is 30.5 Å². The number of aliphatic carboxylic acids is 1. The molecule has 3 aliphatic heterocycles. The van der Waals surface area contributed by atoms with Gasteiger partial charge in [0, 0.05) is 33.0 Å². The van der Waals surface area contributed by atoms with Crippen molar-refractivity contribution in [2.45, 2.75) is 111 Å². The first-order chi connectivity index (χ1) is 20.5. The summed E-state index contributed by atoms with van der Waals surface area (Å²) in [4.78, 5) is 16.1. The molecule has 13 atom stereocenters. The Morgan fingerprint density at radius 3 is 2.51 bits per heavy atom. The molecule has 13 unspecified atom stereocenters. The Hall–Kier alpha value is -1.82. The van der Waals surface area contributed by atoms with E-state index in [0.717, 1.165) is 25.7 Å². The fourth-order valence-electron chi connectivity index (χ4n) is 8.17. The van der Waals surface area contributed by atoms with E-state index in [1.807, 2.05) is 0 Å². The molecule has 238 valence electrons. The quantitative estimate of drug-likeness (QED) is 0.116. The molecule has 0 radical (unpaired) electrons. The van der Waals surface area contributed by atoms with E-state index in [4.69, 9.17) is 23.7 Å². The number of nitrogens with zero attached hydrogens (tertiary/aromatic N) is 2. The summed E-state index contributed by atoms with van der Waals surface area (Å²) in [7, 11) is 3.08. The van der Waals surface area contributed by atoms with Crippen LogP contribution in [0.1, 0.15) is 38.5 Å². The Balaban J connectivity index is 1.24.